The van der Waals surface area contributed by atoms with Crippen LogP contribution in [0.5, 0.6) is 0 Å². The van der Waals surface area contributed by atoms with Crippen molar-refractivity contribution in [3.05, 3.63) is 212 Å². The average Bonchev–Trinajstić information content (AvgIpc) is 3.78. The molecule has 268 valence electrons. The molecule has 0 N–H and O–H groups in total. The van der Waals surface area contributed by atoms with Crippen molar-refractivity contribution in [3.63, 3.8) is 0 Å². The number of nitrogens with zero attached hydrogens (tertiary/aromatic N) is 4. The van der Waals surface area contributed by atoms with E-state index < -0.39 is 0 Å². The standard InChI is InChI=1S/C53H36N4/c1-35-26-32-49-43(22-13-17-40(34-35)56-48-25-12-9-21-45(48)51-41-18-6-5-16-38(41)31-33-50(51)56)42-19-8-11-24-47(42)57(49)53-54-46-23-10-7-20-44(46)52(55-53)39-29-27-37(28-30-39)36-14-3-2-4-15-36/h2-21,23-34H,1,22H2/b17-13-,32-26-,40-34?. The molecule has 0 amide bonds. The zero-order valence-electron chi connectivity index (χ0n) is 31.2. The summed E-state index contributed by atoms with van der Waals surface area (Å²) in [4.78, 5) is 10.6. The van der Waals surface area contributed by atoms with E-state index in [1.807, 2.05) is 12.1 Å². The Bertz CT molecular complexity index is 3320. The van der Waals surface area contributed by atoms with E-state index in [9.17, 15) is 0 Å². The van der Waals surface area contributed by atoms with Gasteiger partial charge in [-0.1, -0.05) is 158 Å². The van der Waals surface area contributed by atoms with Gasteiger partial charge in [0.25, 0.3) is 0 Å². The number of aromatic nitrogens is 4. The van der Waals surface area contributed by atoms with Crippen molar-refractivity contribution in [2.75, 3.05) is 0 Å². The minimum atomic E-state index is 0.637. The summed E-state index contributed by atoms with van der Waals surface area (Å²) in [6, 6.07) is 57.9. The van der Waals surface area contributed by atoms with Gasteiger partial charge in [-0.25, -0.2) is 9.97 Å². The lowest BCUT2D eigenvalue weighted by atomic mass is 10.0. The molecular weight excluding hydrogens is 693 g/mol. The third-order valence-corrected chi connectivity index (χ3v) is 11.3. The summed E-state index contributed by atoms with van der Waals surface area (Å²) in [7, 11) is 0. The minimum absolute atomic E-state index is 0.637. The van der Waals surface area contributed by atoms with Crippen molar-refractivity contribution in [1.29, 1.82) is 0 Å². The summed E-state index contributed by atoms with van der Waals surface area (Å²) in [5, 5.41) is 7.20. The summed E-state index contributed by atoms with van der Waals surface area (Å²) >= 11 is 0. The Morgan fingerprint density at radius 2 is 1.12 bits per heavy atom. The summed E-state index contributed by atoms with van der Waals surface area (Å²) in [6.45, 7) is 4.56. The fraction of sp³-hybridized carbons (Fsp3) is 0.0189. The molecule has 4 heteroatoms. The van der Waals surface area contributed by atoms with Crippen LogP contribution in [0, 0.1) is 0 Å². The van der Waals surface area contributed by atoms with Gasteiger partial charge in [-0.05, 0) is 82.0 Å². The molecule has 0 atom stereocenters. The largest absolute Gasteiger partial charge is 0.309 e. The quantitative estimate of drug-likeness (QED) is 0.181. The second kappa shape index (κ2) is 13.3. The first-order valence-electron chi connectivity index (χ1n) is 19.4. The minimum Gasteiger partial charge on any atom is -0.309 e. The molecule has 0 unspecified atom stereocenters. The molecule has 0 fully saturated rings. The van der Waals surface area contributed by atoms with Crippen LogP contribution in [-0.2, 0) is 6.42 Å². The molecule has 0 saturated carbocycles. The predicted molar refractivity (Wildman–Crippen MR) is 239 cm³/mol. The topological polar surface area (TPSA) is 35.6 Å². The Labute approximate surface area is 330 Å². The zero-order valence-corrected chi connectivity index (χ0v) is 31.2. The molecule has 11 rings (SSSR count). The highest BCUT2D eigenvalue weighted by Gasteiger charge is 2.21. The van der Waals surface area contributed by atoms with E-state index in [1.165, 1.54) is 54.7 Å². The SMILES string of the molecule is C=C1C=C(n2c3ccccc3c3c4ccccc4ccc32)/C=C\Cc2c(n(-c3nc(-c4ccc(-c5ccccc5)cc4)c4ccccc4n3)c3ccccc23)/C=C\1. The summed E-state index contributed by atoms with van der Waals surface area (Å²) in [5.41, 5.74) is 12.8. The van der Waals surface area contributed by atoms with Crippen LogP contribution in [-0.4, -0.2) is 19.1 Å². The van der Waals surface area contributed by atoms with Gasteiger partial charge in [0.15, 0.2) is 0 Å². The summed E-state index contributed by atoms with van der Waals surface area (Å²) in [5.74, 6) is 0.637. The Balaban J connectivity index is 1.06. The van der Waals surface area contributed by atoms with E-state index in [-0.39, 0.29) is 0 Å². The Hall–Kier alpha value is -7.56. The van der Waals surface area contributed by atoms with Crippen molar-refractivity contribution in [2.45, 2.75) is 6.42 Å². The van der Waals surface area contributed by atoms with Gasteiger partial charge in [-0.3, -0.25) is 4.57 Å². The second-order valence-electron chi connectivity index (χ2n) is 14.7. The van der Waals surface area contributed by atoms with Gasteiger partial charge in [0.05, 0.1) is 33.5 Å². The van der Waals surface area contributed by atoms with Gasteiger partial charge in [0, 0.05) is 32.8 Å². The Kier molecular flexibility index (Phi) is 7.68. The van der Waals surface area contributed by atoms with E-state index >= 15 is 0 Å². The number of fused-ring (bicyclic) bond motifs is 9. The lowest BCUT2D eigenvalue weighted by Gasteiger charge is -2.14. The number of allylic oxidation sites excluding steroid dienone is 6. The number of hydrogen-bond donors (Lipinski definition) is 0. The van der Waals surface area contributed by atoms with E-state index in [4.69, 9.17) is 9.97 Å². The molecule has 0 radical (unpaired) electrons. The smallest absolute Gasteiger partial charge is 0.235 e. The maximum atomic E-state index is 5.38. The highest BCUT2D eigenvalue weighted by atomic mass is 15.2. The molecule has 1 aliphatic carbocycles. The maximum Gasteiger partial charge on any atom is 0.235 e. The van der Waals surface area contributed by atoms with E-state index in [0.29, 0.717) is 5.95 Å². The molecule has 0 aliphatic heterocycles. The van der Waals surface area contributed by atoms with Gasteiger partial charge in [-0.2, -0.15) is 0 Å². The van der Waals surface area contributed by atoms with Gasteiger partial charge < -0.3 is 4.57 Å². The normalized spacial score (nSPS) is 14.3. The van der Waals surface area contributed by atoms with Crippen molar-refractivity contribution in [1.82, 2.24) is 19.1 Å². The second-order valence-corrected chi connectivity index (χ2v) is 14.7. The van der Waals surface area contributed by atoms with E-state index in [1.54, 1.807) is 0 Å². The van der Waals surface area contributed by atoms with Gasteiger partial charge in [0.1, 0.15) is 0 Å². The summed E-state index contributed by atoms with van der Waals surface area (Å²) in [6.07, 6.45) is 11.8. The van der Waals surface area contributed by atoms with Crippen LogP contribution < -0.4 is 0 Å². The molecule has 7 aromatic carbocycles. The molecule has 57 heavy (non-hydrogen) atoms. The molecular formula is C53H36N4. The van der Waals surface area contributed by atoms with Crippen LogP contribution in [0.2, 0.25) is 0 Å². The lowest BCUT2D eigenvalue weighted by molar-refractivity contribution is 0.965. The fourth-order valence-corrected chi connectivity index (χ4v) is 8.69. The van der Waals surface area contributed by atoms with Gasteiger partial charge >= 0.3 is 0 Å². The van der Waals surface area contributed by atoms with Crippen molar-refractivity contribution < 1.29 is 0 Å². The Morgan fingerprint density at radius 3 is 1.95 bits per heavy atom. The maximum absolute atomic E-state index is 5.38. The van der Waals surface area contributed by atoms with E-state index in [0.717, 1.165) is 51.1 Å². The van der Waals surface area contributed by atoms with Crippen LogP contribution in [0.4, 0.5) is 0 Å². The highest BCUT2D eigenvalue weighted by molar-refractivity contribution is 6.22. The molecule has 0 bridgehead atoms. The van der Waals surface area contributed by atoms with Crippen LogP contribution in [0.3, 0.4) is 0 Å². The number of hydrogen-bond acceptors (Lipinski definition) is 2. The average molecular weight is 729 g/mol. The monoisotopic (exact) mass is 728 g/mol. The van der Waals surface area contributed by atoms with Crippen molar-refractivity contribution in [3.8, 4) is 28.3 Å². The van der Waals surface area contributed by atoms with Crippen LogP contribution in [0.15, 0.2) is 200 Å². The van der Waals surface area contributed by atoms with E-state index in [2.05, 4.69) is 198 Å². The number of rotatable bonds is 4. The van der Waals surface area contributed by atoms with Crippen molar-refractivity contribution in [2.24, 2.45) is 0 Å². The first kappa shape index (κ1) is 32.8. The predicted octanol–water partition coefficient (Wildman–Crippen LogP) is 13.4. The first-order chi connectivity index (χ1) is 28.2. The fourth-order valence-electron chi connectivity index (χ4n) is 8.69. The zero-order chi connectivity index (χ0) is 37.9. The molecule has 10 aromatic rings. The van der Waals surface area contributed by atoms with Crippen LogP contribution in [0.25, 0.3) is 94.5 Å². The van der Waals surface area contributed by atoms with Gasteiger partial charge in [-0.15, -0.1) is 0 Å². The highest BCUT2D eigenvalue weighted by Crippen LogP contribution is 2.39. The van der Waals surface area contributed by atoms with Gasteiger partial charge in [0.2, 0.25) is 5.95 Å². The van der Waals surface area contributed by atoms with Crippen molar-refractivity contribution >= 4 is 66.2 Å². The summed E-state index contributed by atoms with van der Waals surface area (Å²) < 4.78 is 4.61. The molecule has 0 saturated heterocycles. The third kappa shape index (κ3) is 5.45. The molecule has 3 aromatic heterocycles. The van der Waals surface area contributed by atoms with Crippen LogP contribution >= 0.6 is 0 Å². The molecule has 1 aliphatic rings. The number of benzene rings is 7. The number of para-hydroxylation sites is 3. The molecule has 0 spiro atoms. The van der Waals surface area contributed by atoms with Crippen LogP contribution in [0.1, 0.15) is 11.3 Å². The first-order valence-corrected chi connectivity index (χ1v) is 19.4. The lowest BCUT2D eigenvalue weighted by Crippen LogP contribution is -2.06. The molecule has 3 heterocycles. The Morgan fingerprint density at radius 1 is 0.474 bits per heavy atom. The molecule has 4 nitrogen and oxygen atoms in total. The third-order valence-electron chi connectivity index (χ3n) is 11.3.